The zero-order valence-electron chi connectivity index (χ0n) is 11.0. The van der Waals surface area contributed by atoms with E-state index < -0.39 is 5.82 Å². The van der Waals surface area contributed by atoms with Gasteiger partial charge in [0.25, 0.3) is 0 Å². The van der Waals surface area contributed by atoms with Gasteiger partial charge in [0, 0.05) is 0 Å². The molecule has 0 bridgehead atoms. The van der Waals surface area contributed by atoms with Crippen LogP contribution in [0.15, 0.2) is 48.0 Å². The normalized spacial score (nSPS) is 9.52. The smallest absolute Gasteiger partial charge is 0.141 e. The van der Waals surface area contributed by atoms with Crippen molar-refractivity contribution in [3.8, 4) is 12.1 Å². The lowest BCUT2D eigenvalue weighted by Crippen LogP contribution is -1.90. The van der Waals surface area contributed by atoms with Crippen molar-refractivity contribution in [2.45, 2.75) is 6.42 Å². The Bertz CT molecular complexity index is 766. The minimum absolute atomic E-state index is 0.0528. The summed E-state index contributed by atoms with van der Waals surface area (Å²) in [4.78, 5) is 0. The quantitative estimate of drug-likeness (QED) is 0.783. The molecule has 4 heteroatoms. The van der Waals surface area contributed by atoms with Crippen molar-refractivity contribution < 1.29 is 4.39 Å². The molecule has 0 aliphatic rings. The first kappa shape index (κ1) is 14.8. The Balaban J connectivity index is 2.26. The molecular weight excluding hydrogens is 287 g/mol. The third kappa shape index (κ3) is 3.92. The molecule has 102 valence electrons. The van der Waals surface area contributed by atoms with Gasteiger partial charge in [-0.3, -0.25) is 0 Å². The number of halogens is 2. The number of rotatable bonds is 3. The molecule has 0 saturated heterocycles. The van der Waals surface area contributed by atoms with Gasteiger partial charge in [0.1, 0.15) is 23.5 Å². The van der Waals surface area contributed by atoms with Gasteiger partial charge >= 0.3 is 0 Å². The lowest BCUT2D eigenvalue weighted by Gasteiger charge is -2.04. The number of allylic oxidation sites excluding steroid dienone is 1. The van der Waals surface area contributed by atoms with Gasteiger partial charge in [0.2, 0.25) is 0 Å². The van der Waals surface area contributed by atoms with E-state index >= 15 is 0 Å². The molecule has 0 fully saturated rings. The molecule has 0 amide bonds. The first-order chi connectivity index (χ1) is 10.1. The molecule has 2 aromatic carbocycles. The van der Waals surface area contributed by atoms with Gasteiger partial charge in [0.05, 0.1) is 5.02 Å². The Labute approximate surface area is 127 Å². The van der Waals surface area contributed by atoms with Crippen LogP contribution in [0.25, 0.3) is 6.08 Å². The number of benzene rings is 2. The number of hydrogen-bond donors (Lipinski definition) is 0. The Hall–Kier alpha value is -2.62. The molecular formula is C17H10ClFN2. The summed E-state index contributed by atoms with van der Waals surface area (Å²) < 4.78 is 13.1. The van der Waals surface area contributed by atoms with E-state index in [1.807, 2.05) is 36.4 Å². The molecule has 0 saturated carbocycles. The van der Waals surface area contributed by atoms with E-state index in [-0.39, 0.29) is 10.6 Å². The fourth-order valence-electron chi connectivity index (χ4n) is 1.93. The van der Waals surface area contributed by atoms with Crippen LogP contribution in [0.5, 0.6) is 0 Å². The molecule has 21 heavy (non-hydrogen) atoms. The maximum absolute atomic E-state index is 13.1. The van der Waals surface area contributed by atoms with Crippen LogP contribution in [0.3, 0.4) is 0 Å². The lowest BCUT2D eigenvalue weighted by atomic mass is 10.0. The Morgan fingerprint density at radius 2 is 1.81 bits per heavy atom. The van der Waals surface area contributed by atoms with Gasteiger partial charge < -0.3 is 0 Å². The summed E-state index contributed by atoms with van der Waals surface area (Å²) in [6.07, 6.45) is 2.12. The van der Waals surface area contributed by atoms with Crippen LogP contribution >= 0.6 is 11.6 Å². The summed E-state index contributed by atoms with van der Waals surface area (Å²) in [5, 5.41) is 17.6. The van der Waals surface area contributed by atoms with Crippen molar-refractivity contribution in [3.05, 3.63) is 75.6 Å². The zero-order chi connectivity index (χ0) is 15.2. The molecule has 0 aliphatic heterocycles. The van der Waals surface area contributed by atoms with Crippen molar-refractivity contribution in [1.29, 1.82) is 10.5 Å². The summed E-state index contributed by atoms with van der Waals surface area (Å²) in [7, 11) is 0. The van der Waals surface area contributed by atoms with E-state index in [0.29, 0.717) is 6.42 Å². The van der Waals surface area contributed by atoms with Crippen molar-refractivity contribution in [1.82, 2.24) is 0 Å². The fourth-order valence-corrected chi connectivity index (χ4v) is 2.14. The highest BCUT2D eigenvalue weighted by Gasteiger charge is 2.03. The van der Waals surface area contributed by atoms with Gasteiger partial charge in [-0.1, -0.05) is 41.9 Å². The highest BCUT2D eigenvalue weighted by Crippen LogP contribution is 2.19. The van der Waals surface area contributed by atoms with Crippen molar-refractivity contribution in [2.75, 3.05) is 0 Å². The third-order valence-corrected chi connectivity index (χ3v) is 3.18. The van der Waals surface area contributed by atoms with Gasteiger partial charge in [-0.2, -0.15) is 10.5 Å². The van der Waals surface area contributed by atoms with E-state index in [4.69, 9.17) is 22.1 Å². The molecule has 0 heterocycles. The first-order valence-electron chi connectivity index (χ1n) is 6.17. The summed E-state index contributed by atoms with van der Waals surface area (Å²) in [6, 6.07) is 15.7. The summed E-state index contributed by atoms with van der Waals surface area (Å²) >= 11 is 5.76. The minimum atomic E-state index is -0.440. The van der Waals surface area contributed by atoms with Crippen LogP contribution in [0.2, 0.25) is 5.02 Å². The van der Waals surface area contributed by atoms with Crippen molar-refractivity contribution in [2.24, 2.45) is 0 Å². The number of nitrogens with zero attached hydrogens (tertiary/aromatic N) is 2. The Morgan fingerprint density at radius 1 is 1.10 bits per heavy atom. The third-order valence-electron chi connectivity index (χ3n) is 2.90. The molecule has 0 atom stereocenters. The lowest BCUT2D eigenvalue weighted by molar-refractivity contribution is 0.627. The Kier molecular flexibility index (Phi) is 4.72. The topological polar surface area (TPSA) is 47.6 Å². The summed E-state index contributed by atoms with van der Waals surface area (Å²) in [5.74, 6) is -0.440. The number of hydrogen-bond acceptors (Lipinski definition) is 2. The van der Waals surface area contributed by atoms with Crippen LogP contribution in [-0.2, 0) is 6.42 Å². The molecule has 2 rings (SSSR count). The van der Waals surface area contributed by atoms with E-state index in [9.17, 15) is 4.39 Å². The van der Waals surface area contributed by atoms with Crippen molar-refractivity contribution in [3.63, 3.8) is 0 Å². The van der Waals surface area contributed by atoms with Gasteiger partial charge in [-0.25, -0.2) is 4.39 Å². The van der Waals surface area contributed by atoms with E-state index in [1.165, 1.54) is 12.1 Å². The Morgan fingerprint density at radius 3 is 2.48 bits per heavy atom. The van der Waals surface area contributed by atoms with Crippen LogP contribution in [0.1, 0.15) is 16.7 Å². The van der Waals surface area contributed by atoms with Crippen LogP contribution in [0, 0.1) is 28.5 Å². The minimum Gasteiger partial charge on any atom is -0.205 e. The summed E-state index contributed by atoms with van der Waals surface area (Å²) in [5.41, 5.74) is 2.71. The molecule has 0 N–H and O–H groups in total. The standard InChI is InChI=1S/C17H10ClFN2/c18-16-9-14(4-5-17(16)19)7-12-2-1-3-13(6-12)8-15(10-20)11-21/h1-6,8-9H,7H2. The predicted molar refractivity (Wildman–Crippen MR) is 79.9 cm³/mol. The average molecular weight is 297 g/mol. The van der Waals surface area contributed by atoms with Crippen LogP contribution in [0.4, 0.5) is 4.39 Å². The summed E-state index contributed by atoms with van der Waals surface area (Å²) in [6.45, 7) is 0. The SMILES string of the molecule is N#CC(C#N)=Cc1cccc(Cc2ccc(F)c(Cl)c2)c1. The zero-order valence-corrected chi connectivity index (χ0v) is 11.7. The molecule has 0 aliphatic carbocycles. The van der Waals surface area contributed by atoms with Gasteiger partial charge in [-0.15, -0.1) is 0 Å². The molecule has 0 spiro atoms. The predicted octanol–water partition coefficient (Wildman–Crippen LogP) is 4.50. The van der Waals surface area contributed by atoms with E-state index in [0.717, 1.165) is 16.7 Å². The maximum Gasteiger partial charge on any atom is 0.141 e. The highest BCUT2D eigenvalue weighted by molar-refractivity contribution is 6.30. The van der Waals surface area contributed by atoms with E-state index in [2.05, 4.69) is 0 Å². The van der Waals surface area contributed by atoms with Crippen LogP contribution in [-0.4, -0.2) is 0 Å². The molecule has 2 nitrogen and oxygen atoms in total. The molecule has 0 aromatic heterocycles. The second-order valence-corrected chi connectivity index (χ2v) is 4.86. The van der Waals surface area contributed by atoms with Crippen LogP contribution < -0.4 is 0 Å². The first-order valence-corrected chi connectivity index (χ1v) is 6.55. The number of nitriles is 2. The molecule has 0 radical (unpaired) electrons. The van der Waals surface area contributed by atoms with E-state index in [1.54, 1.807) is 12.1 Å². The van der Waals surface area contributed by atoms with Gasteiger partial charge in [-0.05, 0) is 41.3 Å². The van der Waals surface area contributed by atoms with Crippen molar-refractivity contribution >= 4 is 17.7 Å². The molecule has 0 unspecified atom stereocenters. The highest BCUT2D eigenvalue weighted by atomic mass is 35.5. The average Bonchev–Trinajstić information content (AvgIpc) is 2.49. The maximum atomic E-state index is 13.1. The second kappa shape index (κ2) is 6.70. The fraction of sp³-hybridized carbons (Fsp3) is 0.0588. The monoisotopic (exact) mass is 296 g/mol. The molecule has 2 aromatic rings. The largest absolute Gasteiger partial charge is 0.205 e. The second-order valence-electron chi connectivity index (χ2n) is 4.45. The van der Waals surface area contributed by atoms with Gasteiger partial charge in [0.15, 0.2) is 0 Å².